The molecule has 1 fully saturated rings. The first-order valence-electron chi connectivity index (χ1n) is 6.81. The van der Waals surface area contributed by atoms with Crippen molar-refractivity contribution < 1.29 is 0 Å². The monoisotopic (exact) mass is 259 g/mol. The predicted octanol–water partition coefficient (Wildman–Crippen LogP) is 1.48. The molecule has 3 nitrogen and oxygen atoms in total. The highest BCUT2D eigenvalue weighted by Gasteiger charge is 2.36. The molecule has 0 saturated carbocycles. The number of rotatable bonds is 7. The average molecular weight is 259 g/mol. The SMILES string of the molecule is CCCN1CCC(CN)(N(C)CCSC)CC1. The number of hydrogen-bond acceptors (Lipinski definition) is 4. The van der Waals surface area contributed by atoms with Gasteiger partial charge in [0.25, 0.3) is 0 Å². The molecule has 1 aliphatic rings. The Hall–Kier alpha value is 0.230. The molecule has 0 amide bonds. The standard InChI is InChI=1S/C13H29N3S/c1-4-7-16-8-5-13(12-14,6-9-16)15(2)10-11-17-3/h4-12,14H2,1-3H3. The van der Waals surface area contributed by atoms with Crippen molar-refractivity contribution in [1.29, 1.82) is 0 Å². The molecule has 0 aromatic heterocycles. The van der Waals surface area contributed by atoms with Crippen LogP contribution in [-0.2, 0) is 0 Å². The summed E-state index contributed by atoms with van der Waals surface area (Å²) in [5, 5.41) is 0. The summed E-state index contributed by atoms with van der Waals surface area (Å²) in [4.78, 5) is 5.09. The van der Waals surface area contributed by atoms with Gasteiger partial charge in [-0.3, -0.25) is 4.90 Å². The maximum Gasteiger partial charge on any atom is 0.0353 e. The van der Waals surface area contributed by atoms with E-state index in [1.165, 1.54) is 44.6 Å². The fourth-order valence-electron chi connectivity index (χ4n) is 2.72. The van der Waals surface area contributed by atoms with Crippen LogP contribution in [0, 0.1) is 0 Å². The summed E-state index contributed by atoms with van der Waals surface area (Å²) in [7, 11) is 2.25. The van der Waals surface area contributed by atoms with Crippen LogP contribution < -0.4 is 5.73 Å². The minimum atomic E-state index is 0.264. The summed E-state index contributed by atoms with van der Waals surface area (Å²) in [5.74, 6) is 1.21. The molecule has 1 aliphatic heterocycles. The van der Waals surface area contributed by atoms with Gasteiger partial charge in [-0.15, -0.1) is 0 Å². The third-order valence-corrected chi connectivity index (χ3v) is 4.74. The molecule has 4 heteroatoms. The van der Waals surface area contributed by atoms with Crippen LogP contribution in [0.4, 0.5) is 0 Å². The van der Waals surface area contributed by atoms with E-state index < -0.39 is 0 Å². The van der Waals surface area contributed by atoms with Gasteiger partial charge in [-0.25, -0.2) is 0 Å². The second-order valence-corrected chi connectivity index (χ2v) is 6.17. The lowest BCUT2D eigenvalue weighted by Gasteiger charge is -2.47. The van der Waals surface area contributed by atoms with Gasteiger partial charge in [0.15, 0.2) is 0 Å². The van der Waals surface area contributed by atoms with Crippen LogP contribution in [0.3, 0.4) is 0 Å². The van der Waals surface area contributed by atoms with Crippen LogP contribution >= 0.6 is 11.8 Å². The molecule has 0 aliphatic carbocycles. The van der Waals surface area contributed by atoms with Crippen LogP contribution in [0.1, 0.15) is 26.2 Å². The van der Waals surface area contributed by atoms with Crippen LogP contribution in [0.2, 0.25) is 0 Å². The molecule has 0 atom stereocenters. The van der Waals surface area contributed by atoms with Crippen molar-refractivity contribution in [1.82, 2.24) is 9.80 Å². The Morgan fingerprint density at radius 1 is 1.35 bits per heavy atom. The maximum absolute atomic E-state index is 6.06. The summed E-state index contributed by atoms with van der Waals surface area (Å²) in [6.07, 6.45) is 5.90. The Bertz CT molecular complexity index is 203. The van der Waals surface area contributed by atoms with E-state index in [1.807, 2.05) is 11.8 Å². The van der Waals surface area contributed by atoms with E-state index in [0.29, 0.717) is 0 Å². The molecule has 0 spiro atoms. The Morgan fingerprint density at radius 3 is 2.47 bits per heavy atom. The highest BCUT2D eigenvalue weighted by atomic mass is 32.2. The first kappa shape index (κ1) is 15.3. The number of likely N-dealkylation sites (tertiary alicyclic amines) is 1. The van der Waals surface area contributed by atoms with Gasteiger partial charge in [-0.05, 0) is 52.2 Å². The minimum Gasteiger partial charge on any atom is -0.329 e. The van der Waals surface area contributed by atoms with Crippen LogP contribution in [-0.4, -0.2) is 67.1 Å². The highest BCUT2D eigenvalue weighted by Crippen LogP contribution is 2.27. The summed E-state index contributed by atoms with van der Waals surface area (Å²) in [6.45, 7) is 7.90. The van der Waals surface area contributed by atoms with E-state index in [4.69, 9.17) is 5.73 Å². The molecule has 0 aromatic carbocycles. The van der Waals surface area contributed by atoms with Gasteiger partial charge in [0.2, 0.25) is 0 Å². The van der Waals surface area contributed by atoms with Crippen LogP contribution in [0.15, 0.2) is 0 Å². The number of likely N-dealkylation sites (N-methyl/N-ethyl adjacent to an activating group) is 1. The molecule has 0 bridgehead atoms. The smallest absolute Gasteiger partial charge is 0.0353 e. The van der Waals surface area contributed by atoms with Crippen molar-refractivity contribution in [3.05, 3.63) is 0 Å². The molecule has 17 heavy (non-hydrogen) atoms. The summed E-state index contributed by atoms with van der Waals surface area (Å²) < 4.78 is 0. The van der Waals surface area contributed by atoms with Gasteiger partial charge in [0.05, 0.1) is 0 Å². The van der Waals surface area contributed by atoms with Crippen molar-refractivity contribution in [2.75, 3.05) is 51.8 Å². The van der Waals surface area contributed by atoms with Crippen molar-refractivity contribution in [2.45, 2.75) is 31.7 Å². The van der Waals surface area contributed by atoms with Gasteiger partial charge < -0.3 is 10.6 Å². The number of piperidine rings is 1. The molecule has 0 unspecified atom stereocenters. The van der Waals surface area contributed by atoms with Gasteiger partial charge in [0.1, 0.15) is 0 Å². The Balaban J connectivity index is 2.48. The van der Waals surface area contributed by atoms with Crippen LogP contribution in [0.25, 0.3) is 0 Å². The number of hydrogen-bond donors (Lipinski definition) is 1. The topological polar surface area (TPSA) is 32.5 Å². The van der Waals surface area contributed by atoms with Gasteiger partial charge >= 0.3 is 0 Å². The molecular weight excluding hydrogens is 230 g/mol. The fourth-order valence-corrected chi connectivity index (χ4v) is 3.17. The lowest BCUT2D eigenvalue weighted by atomic mass is 9.86. The molecular formula is C13H29N3S. The molecule has 1 rings (SSSR count). The van der Waals surface area contributed by atoms with Crippen LogP contribution in [0.5, 0.6) is 0 Å². The summed E-state index contributed by atoms with van der Waals surface area (Å²) >= 11 is 1.92. The first-order valence-corrected chi connectivity index (χ1v) is 8.20. The lowest BCUT2D eigenvalue weighted by molar-refractivity contribution is 0.0497. The summed E-state index contributed by atoms with van der Waals surface area (Å²) in [6, 6.07) is 0. The van der Waals surface area contributed by atoms with Crippen molar-refractivity contribution in [3.63, 3.8) is 0 Å². The molecule has 2 N–H and O–H groups in total. The van der Waals surface area contributed by atoms with E-state index >= 15 is 0 Å². The maximum atomic E-state index is 6.06. The molecule has 102 valence electrons. The third-order valence-electron chi connectivity index (χ3n) is 4.15. The minimum absolute atomic E-state index is 0.264. The Labute approximate surface area is 111 Å². The van der Waals surface area contributed by atoms with Crippen molar-refractivity contribution in [2.24, 2.45) is 5.73 Å². The second kappa shape index (κ2) is 7.62. The highest BCUT2D eigenvalue weighted by molar-refractivity contribution is 7.98. The van der Waals surface area contributed by atoms with Gasteiger partial charge in [-0.1, -0.05) is 6.92 Å². The number of nitrogens with two attached hydrogens (primary N) is 1. The quantitative estimate of drug-likeness (QED) is 0.751. The average Bonchev–Trinajstić information content (AvgIpc) is 2.37. The van der Waals surface area contributed by atoms with E-state index in [0.717, 1.165) is 13.1 Å². The first-order chi connectivity index (χ1) is 8.18. The van der Waals surface area contributed by atoms with Gasteiger partial charge in [-0.2, -0.15) is 11.8 Å². The zero-order valence-electron chi connectivity index (χ0n) is 11.7. The normalized spacial score (nSPS) is 21.0. The third kappa shape index (κ3) is 4.12. The zero-order valence-corrected chi connectivity index (χ0v) is 12.6. The van der Waals surface area contributed by atoms with E-state index in [-0.39, 0.29) is 5.54 Å². The van der Waals surface area contributed by atoms with E-state index in [1.54, 1.807) is 0 Å². The molecule has 0 radical (unpaired) electrons. The number of nitrogens with zero attached hydrogens (tertiary/aromatic N) is 2. The van der Waals surface area contributed by atoms with Gasteiger partial charge in [0, 0.05) is 24.4 Å². The second-order valence-electron chi connectivity index (χ2n) is 5.18. The Kier molecular flexibility index (Phi) is 6.85. The van der Waals surface area contributed by atoms with Crippen molar-refractivity contribution >= 4 is 11.8 Å². The Morgan fingerprint density at radius 2 is 2.00 bits per heavy atom. The van der Waals surface area contributed by atoms with Crippen molar-refractivity contribution in [3.8, 4) is 0 Å². The van der Waals surface area contributed by atoms with E-state index in [9.17, 15) is 0 Å². The zero-order chi connectivity index (χ0) is 12.7. The largest absolute Gasteiger partial charge is 0.329 e. The molecule has 1 heterocycles. The predicted molar refractivity (Wildman–Crippen MR) is 78.8 cm³/mol. The number of thioether (sulfide) groups is 1. The molecule has 1 saturated heterocycles. The molecule has 0 aromatic rings. The van der Waals surface area contributed by atoms with E-state index in [2.05, 4.69) is 30.0 Å². The fraction of sp³-hybridized carbons (Fsp3) is 1.00. The summed E-state index contributed by atoms with van der Waals surface area (Å²) in [5.41, 5.74) is 6.33. The lowest BCUT2D eigenvalue weighted by Crippen LogP contribution is -2.58.